The van der Waals surface area contributed by atoms with Crippen LogP contribution in [-0.2, 0) is 6.54 Å². The van der Waals surface area contributed by atoms with Crippen molar-refractivity contribution in [3.05, 3.63) is 29.8 Å². The lowest BCUT2D eigenvalue weighted by Crippen LogP contribution is -2.34. The molecule has 1 aromatic rings. The van der Waals surface area contributed by atoms with Crippen LogP contribution in [0.15, 0.2) is 24.3 Å². The zero-order valence-corrected chi connectivity index (χ0v) is 13.1. The maximum absolute atomic E-state index is 5.82. The van der Waals surface area contributed by atoms with Crippen molar-refractivity contribution in [2.24, 2.45) is 5.92 Å². The minimum atomic E-state index is 0.695. The first-order valence-corrected chi connectivity index (χ1v) is 7.83. The summed E-state index contributed by atoms with van der Waals surface area (Å²) >= 11 is 0. The van der Waals surface area contributed by atoms with Crippen LogP contribution in [0, 0.1) is 5.92 Å². The Balaban J connectivity index is 1.68. The van der Waals surface area contributed by atoms with Crippen molar-refractivity contribution in [1.29, 1.82) is 0 Å². The number of hydrogen-bond donors (Lipinski definition) is 1. The molecule has 3 nitrogen and oxygen atoms in total. The van der Waals surface area contributed by atoms with Gasteiger partial charge in [0.1, 0.15) is 12.4 Å². The van der Waals surface area contributed by atoms with Gasteiger partial charge in [-0.25, -0.2) is 0 Å². The van der Waals surface area contributed by atoms with Crippen LogP contribution in [0.5, 0.6) is 5.75 Å². The number of benzene rings is 1. The quantitative estimate of drug-likeness (QED) is 0.750. The Morgan fingerprint density at radius 2 is 2.00 bits per heavy atom. The molecule has 0 saturated heterocycles. The first-order chi connectivity index (χ1) is 9.70. The van der Waals surface area contributed by atoms with E-state index in [9.17, 15) is 0 Å². The van der Waals surface area contributed by atoms with E-state index in [1.54, 1.807) is 0 Å². The van der Waals surface area contributed by atoms with E-state index in [4.69, 9.17) is 4.74 Å². The molecule has 1 N–H and O–H groups in total. The molecule has 0 heterocycles. The Morgan fingerprint density at radius 1 is 1.30 bits per heavy atom. The lowest BCUT2D eigenvalue weighted by Gasteiger charge is -2.24. The molecule has 1 atom stereocenters. The van der Waals surface area contributed by atoms with Crippen LogP contribution < -0.4 is 10.1 Å². The third-order valence-electron chi connectivity index (χ3n) is 4.21. The van der Waals surface area contributed by atoms with Crippen molar-refractivity contribution >= 4 is 0 Å². The number of likely N-dealkylation sites (N-methyl/N-ethyl adjacent to an activating group) is 1. The van der Waals surface area contributed by atoms with Gasteiger partial charge in [-0.2, -0.15) is 0 Å². The average Bonchev–Trinajstić information content (AvgIpc) is 3.30. The summed E-state index contributed by atoms with van der Waals surface area (Å²) in [6.07, 6.45) is 2.80. The summed E-state index contributed by atoms with van der Waals surface area (Å²) in [7, 11) is 2.20. The average molecular weight is 276 g/mol. The van der Waals surface area contributed by atoms with E-state index in [-0.39, 0.29) is 0 Å². The standard InChI is InChI=1S/C17H28N2O/c1-4-18-13-15-5-9-17(10-6-15)20-12-11-19(3)14(2)16-7-8-16/h5-6,9-10,14,16,18H,4,7-8,11-13H2,1-3H3. The number of hydrogen-bond acceptors (Lipinski definition) is 3. The van der Waals surface area contributed by atoms with Crippen LogP contribution in [0.3, 0.4) is 0 Å². The molecule has 0 spiro atoms. The lowest BCUT2D eigenvalue weighted by molar-refractivity contribution is 0.186. The van der Waals surface area contributed by atoms with Gasteiger partial charge in [0, 0.05) is 19.1 Å². The van der Waals surface area contributed by atoms with Crippen LogP contribution in [0.2, 0.25) is 0 Å². The highest BCUT2D eigenvalue weighted by molar-refractivity contribution is 5.27. The molecule has 1 saturated carbocycles. The van der Waals surface area contributed by atoms with Gasteiger partial charge >= 0.3 is 0 Å². The van der Waals surface area contributed by atoms with Gasteiger partial charge in [-0.3, -0.25) is 0 Å². The molecule has 3 heteroatoms. The van der Waals surface area contributed by atoms with Gasteiger partial charge in [-0.1, -0.05) is 19.1 Å². The Bertz CT molecular complexity index is 386. The highest BCUT2D eigenvalue weighted by Crippen LogP contribution is 2.34. The fraction of sp³-hybridized carbons (Fsp3) is 0.647. The molecule has 1 fully saturated rings. The summed E-state index contributed by atoms with van der Waals surface area (Å²) in [6, 6.07) is 9.10. The van der Waals surface area contributed by atoms with Crippen LogP contribution in [0.4, 0.5) is 0 Å². The summed E-state index contributed by atoms with van der Waals surface area (Å²) in [6.45, 7) is 8.14. The Kier molecular flexibility index (Phi) is 5.86. The zero-order valence-electron chi connectivity index (χ0n) is 13.1. The van der Waals surface area contributed by atoms with Gasteiger partial charge in [0.15, 0.2) is 0 Å². The van der Waals surface area contributed by atoms with Crippen molar-refractivity contribution < 1.29 is 4.74 Å². The SMILES string of the molecule is CCNCc1ccc(OCCN(C)C(C)C2CC2)cc1. The Morgan fingerprint density at radius 3 is 2.60 bits per heavy atom. The second-order valence-corrected chi connectivity index (χ2v) is 5.83. The molecule has 1 aliphatic carbocycles. The molecule has 1 aliphatic rings. The Hall–Kier alpha value is -1.06. The van der Waals surface area contributed by atoms with Gasteiger partial charge in [0.2, 0.25) is 0 Å². The minimum absolute atomic E-state index is 0.695. The highest BCUT2D eigenvalue weighted by atomic mass is 16.5. The molecule has 0 bridgehead atoms. The predicted octanol–water partition coefficient (Wildman–Crippen LogP) is 2.91. The monoisotopic (exact) mass is 276 g/mol. The molecule has 112 valence electrons. The molecular weight excluding hydrogens is 248 g/mol. The largest absolute Gasteiger partial charge is 0.492 e. The fourth-order valence-electron chi connectivity index (χ4n) is 2.42. The Labute approximate surface area is 123 Å². The highest BCUT2D eigenvalue weighted by Gasteiger charge is 2.30. The van der Waals surface area contributed by atoms with Crippen LogP contribution in [0.25, 0.3) is 0 Å². The molecule has 0 radical (unpaired) electrons. The second-order valence-electron chi connectivity index (χ2n) is 5.83. The summed E-state index contributed by atoms with van der Waals surface area (Å²) < 4.78 is 5.82. The molecule has 0 aliphatic heterocycles. The number of nitrogens with zero attached hydrogens (tertiary/aromatic N) is 1. The lowest BCUT2D eigenvalue weighted by atomic mass is 10.2. The van der Waals surface area contributed by atoms with Crippen LogP contribution in [0.1, 0.15) is 32.3 Å². The number of nitrogens with one attached hydrogen (secondary N) is 1. The van der Waals surface area contributed by atoms with Gasteiger partial charge in [-0.15, -0.1) is 0 Å². The summed E-state index contributed by atoms with van der Waals surface area (Å²) in [5.41, 5.74) is 1.30. The maximum Gasteiger partial charge on any atom is 0.119 e. The fourth-order valence-corrected chi connectivity index (χ4v) is 2.42. The van der Waals surface area contributed by atoms with Gasteiger partial charge in [0.25, 0.3) is 0 Å². The van der Waals surface area contributed by atoms with E-state index in [2.05, 4.69) is 55.4 Å². The maximum atomic E-state index is 5.82. The van der Waals surface area contributed by atoms with Crippen LogP contribution in [-0.4, -0.2) is 37.7 Å². The molecular formula is C17H28N2O. The smallest absolute Gasteiger partial charge is 0.119 e. The van der Waals surface area contributed by atoms with Crippen molar-refractivity contribution in [3.63, 3.8) is 0 Å². The summed E-state index contributed by atoms with van der Waals surface area (Å²) in [4.78, 5) is 2.41. The summed E-state index contributed by atoms with van der Waals surface area (Å²) in [5, 5.41) is 3.32. The zero-order chi connectivity index (χ0) is 14.4. The topological polar surface area (TPSA) is 24.5 Å². The van der Waals surface area contributed by atoms with E-state index in [0.717, 1.165) is 37.9 Å². The van der Waals surface area contributed by atoms with Crippen molar-refractivity contribution in [2.75, 3.05) is 26.7 Å². The third kappa shape index (κ3) is 4.80. The van der Waals surface area contributed by atoms with Crippen molar-refractivity contribution in [2.45, 2.75) is 39.3 Å². The molecule has 1 unspecified atom stereocenters. The van der Waals surface area contributed by atoms with E-state index < -0.39 is 0 Å². The number of rotatable bonds is 9. The minimum Gasteiger partial charge on any atom is -0.492 e. The van der Waals surface area contributed by atoms with Gasteiger partial charge < -0.3 is 15.0 Å². The van der Waals surface area contributed by atoms with E-state index in [1.165, 1.54) is 18.4 Å². The molecule has 2 rings (SSSR count). The second kappa shape index (κ2) is 7.65. The molecule has 20 heavy (non-hydrogen) atoms. The van der Waals surface area contributed by atoms with Crippen LogP contribution >= 0.6 is 0 Å². The molecule has 0 aromatic heterocycles. The van der Waals surface area contributed by atoms with E-state index in [1.807, 2.05) is 0 Å². The van der Waals surface area contributed by atoms with E-state index >= 15 is 0 Å². The third-order valence-corrected chi connectivity index (χ3v) is 4.21. The first-order valence-electron chi connectivity index (χ1n) is 7.83. The normalized spacial score (nSPS) is 16.4. The van der Waals surface area contributed by atoms with E-state index in [0.29, 0.717) is 6.04 Å². The predicted molar refractivity (Wildman–Crippen MR) is 84.1 cm³/mol. The van der Waals surface area contributed by atoms with Crippen molar-refractivity contribution in [3.8, 4) is 5.75 Å². The first kappa shape index (κ1) is 15.3. The molecule has 0 amide bonds. The van der Waals surface area contributed by atoms with Crippen molar-refractivity contribution in [1.82, 2.24) is 10.2 Å². The summed E-state index contributed by atoms with van der Waals surface area (Å²) in [5.74, 6) is 1.89. The van der Waals surface area contributed by atoms with Gasteiger partial charge in [0.05, 0.1) is 0 Å². The molecule has 1 aromatic carbocycles. The van der Waals surface area contributed by atoms with Gasteiger partial charge in [-0.05, 0) is 57.0 Å². The number of ether oxygens (including phenoxy) is 1.